The summed E-state index contributed by atoms with van der Waals surface area (Å²) in [5.41, 5.74) is 6.09. The largest absolute Gasteiger partial charge is 0.480 e. The molecule has 0 aromatic heterocycles. The van der Waals surface area contributed by atoms with Crippen LogP contribution in [0.5, 0.6) is 0 Å². The van der Waals surface area contributed by atoms with E-state index in [2.05, 4.69) is 0 Å². The first-order chi connectivity index (χ1) is 6.41. The summed E-state index contributed by atoms with van der Waals surface area (Å²) in [5, 5.41) is 8.58. The van der Waals surface area contributed by atoms with Crippen molar-refractivity contribution in [2.45, 2.75) is 25.3 Å². The maximum absolute atomic E-state index is 10.5. The van der Waals surface area contributed by atoms with E-state index in [1.807, 2.05) is 0 Å². The number of hydrogen-bond donors (Lipinski definition) is 2. The first-order valence-corrected chi connectivity index (χ1v) is 3.76. The monoisotopic (exact) mass is 169 g/mol. The van der Waals surface area contributed by atoms with E-state index in [-0.39, 0.29) is 12.8 Å². The van der Waals surface area contributed by atoms with Crippen LogP contribution in [0.3, 0.4) is 0 Å². The van der Waals surface area contributed by atoms with Crippen LogP contribution in [0.4, 0.5) is 0 Å². The second-order valence-electron chi connectivity index (χ2n) is 2.71. The average molecular weight is 169 g/mol. The van der Waals surface area contributed by atoms with Crippen molar-refractivity contribution in [1.29, 1.82) is 0 Å². The highest BCUT2D eigenvalue weighted by Crippen LogP contribution is 2.16. The molecule has 0 aromatic carbocycles. The minimum atomic E-state index is -1.37. The molecule has 0 heterocycles. The van der Waals surface area contributed by atoms with Gasteiger partial charge in [0.1, 0.15) is 6.04 Å². The van der Waals surface area contributed by atoms with Gasteiger partial charge in [0.05, 0.1) is 0 Å². The zero-order valence-electron chi connectivity index (χ0n) is 8.66. The van der Waals surface area contributed by atoms with Crippen LogP contribution in [0.25, 0.3) is 0 Å². The lowest BCUT2D eigenvalue weighted by Crippen LogP contribution is -2.30. The molecule has 0 saturated heterocycles. The SMILES string of the molecule is [2H]C1([2H])C=CC=C(C[C@H](N)C(=O)O)C1. The summed E-state index contributed by atoms with van der Waals surface area (Å²) in [6, 6.07) is -0.941. The molecule has 66 valence electrons. The van der Waals surface area contributed by atoms with E-state index in [9.17, 15) is 4.79 Å². The quantitative estimate of drug-likeness (QED) is 0.664. The fourth-order valence-electron chi connectivity index (χ4n) is 1.01. The average Bonchev–Trinajstić information content (AvgIpc) is 2.01. The van der Waals surface area contributed by atoms with Crippen LogP contribution < -0.4 is 5.73 Å². The highest BCUT2D eigenvalue weighted by Gasteiger charge is 2.13. The Morgan fingerprint density at radius 2 is 2.67 bits per heavy atom. The summed E-state index contributed by atoms with van der Waals surface area (Å²) in [6.07, 6.45) is 3.85. The van der Waals surface area contributed by atoms with E-state index in [1.54, 1.807) is 12.2 Å². The molecule has 0 bridgehead atoms. The van der Waals surface area contributed by atoms with Crippen molar-refractivity contribution in [3.63, 3.8) is 0 Å². The predicted octanol–water partition coefficient (Wildman–Crippen LogP) is 1.06. The lowest BCUT2D eigenvalue weighted by Gasteiger charge is -2.11. The van der Waals surface area contributed by atoms with Gasteiger partial charge in [-0.3, -0.25) is 4.79 Å². The fraction of sp³-hybridized carbons (Fsp3) is 0.444. The summed E-state index contributed by atoms with van der Waals surface area (Å²) in [7, 11) is 0. The Kier molecular flexibility index (Phi) is 2.18. The van der Waals surface area contributed by atoms with Crippen molar-refractivity contribution in [2.24, 2.45) is 5.73 Å². The minimum Gasteiger partial charge on any atom is -0.480 e. The van der Waals surface area contributed by atoms with Gasteiger partial charge in [0.25, 0.3) is 0 Å². The Hall–Kier alpha value is -1.09. The van der Waals surface area contributed by atoms with Gasteiger partial charge in [-0.1, -0.05) is 23.8 Å². The molecule has 0 unspecified atom stereocenters. The van der Waals surface area contributed by atoms with E-state index in [4.69, 9.17) is 13.6 Å². The van der Waals surface area contributed by atoms with Gasteiger partial charge in [-0.05, 0) is 19.2 Å². The number of carboxylic acids is 1. The summed E-state index contributed by atoms with van der Waals surface area (Å²) >= 11 is 0. The molecule has 0 amide bonds. The topological polar surface area (TPSA) is 63.3 Å². The van der Waals surface area contributed by atoms with E-state index < -0.39 is 18.4 Å². The number of hydrogen-bond acceptors (Lipinski definition) is 2. The van der Waals surface area contributed by atoms with Crippen LogP contribution in [-0.2, 0) is 4.79 Å². The lowest BCUT2D eigenvalue weighted by atomic mass is 9.98. The number of carboxylic acid groups (broad SMARTS) is 1. The number of rotatable bonds is 3. The number of allylic oxidation sites excluding steroid dienone is 3. The Balaban J connectivity index is 2.59. The molecule has 0 spiro atoms. The van der Waals surface area contributed by atoms with Crippen LogP contribution in [0.15, 0.2) is 23.8 Å². The van der Waals surface area contributed by atoms with Gasteiger partial charge in [0, 0.05) is 2.74 Å². The van der Waals surface area contributed by atoms with Crippen molar-refractivity contribution < 1.29 is 12.6 Å². The smallest absolute Gasteiger partial charge is 0.320 e. The van der Waals surface area contributed by atoms with E-state index in [0.29, 0.717) is 0 Å². The minimum absolute atomic E-state index is 0.208. The van der Waals surface area contributed by atoms with E-state index >= 15 is 0 Å². The molecule has 3 heteroatoms. The van der Waals surface area contributed by atoms with Gasteiger partial charge in [0.15, 0.2) is 0 Å². The predicted molar refractivity (Wildman–Crippen MR) is 46.7 cm³/mol. The van der Waals surface area contributed by atoms with Crippen LogP contribution in [0.1, 0.15) is 22.0 Å². The van der Waals surface area contributed by atoms with Gasteiger partial charge >= 0.3 is 5.97 Å². The Labute approximate surface area is 74.4 Å². The molecule has 0 aromatic rings. The molecule has 1 aliphatic carbocycles. The number of nitrogens with two attached hydrogens (primary N) is 1. The van der Waals surface area contributed by atoms with Crippen molar-refractivity contribution in [3.05, 3.63) is 23.8 Å². The molecule has 0 aliphatic heterocycles. The second-order valence-corrected chi connectivity index (χ2v) is 2.71. The van der Waals surface area contributed by atoms with E-state index in [0.717, 1.165) is 5.57 Å². The lowest BCUT2D eigenvalue weighted by molar-refractivity contribution is -0.138. The number of aliphatic carboxylic acids is 1. The van der Waals surface area contributed by atoms with Gasteiger partial charge in [0.2, 0.25) is 0 Å². The molecule has 1 atom stereocenters. The first-order valence-electron chi connectivity index (χ1n) is 4.76. The first kappa shape index (κ1) is 6.43. The Morgan fingerprint density at radius 3 is 3.25 bits per heavy atom. The molecule has 0 saturated carbocycles. The van der Waals surface area contributed by atoms with Crippen LogP contribution >= 0.6 is 0 Å². The van der Waals surface area contributed by atoms with Crippen molar-refractivity contribution in [1.82, 2.24) is 0 Å². The van der Waals surface area contributed by atoms with Crippen molar-refractivity contribution in [3.8, 4) is 0 Å². The molecule has 12 heavy (non-hydrogen) atoms. The van der Waals surface area contributed by atoms with Gasteiger partial charge in [-0.2, -0.15) is 0 Å². The fourth-order valence-corrected chi connectivity index (χ4v) is 1.01. The van der Waals surface area contributed by atoms with Crippen LogP contribution in [0.2, 0.25) is 0 Å². The third-order valence-electron chi connectivity index (χ3n) is 1.67. The van der Waals surface area contributed by atoms with Gasteiger partial charge < -0.3 is 10.8 Å². The molecule has 0 radical (unpaired) electrons. The standard InChI is InChI=1S/C9H13NO2/c10-8(9(11)12)6-7-4-2-1-3-5-7/h1-2,4,8H,3,5-6,10H2,(H,11,12)/t8-/m0/s1/i3D2. The van der Waals surface area contributed by atoms with Gasteiger partial charge in [-0.15, -0.1) is 0 Å². The molecule has 3 nitrogen and oxygen atoms in total. The summed E-state index contributed by atoms with van der Waals surface area (Å²) in [4.78, 5) is 10.5. The zero-order valence-corrected chi connectivity index (χ0v) is 6.66. The molecular formula is C9H13NO2. The van der Waals surface area contributed by atoms with E-state index in [1.165, 1.54) is 6.08 Å². The molecule has 1 rings (SSSR count). The summed E-state index contributed by atoms with van der Waals surface area (Å²) in [6.45, 7) is 0. The van der Waals surface area contributed by atoms with Crippen LogP contribution in [-0.4, -0.2) is 17.1 Å². The van der Waals surface area contributed by atoms with Crippen molar-refractivity contribution in [2.75, 3.05) is 0 Å². The maximum atomic E-state index is 10.5. The second kappa shape index (κ2) is 4.07. The van der Waals surface area contributed by atoms with Gasteiger partial charge in [-0.25, -0.2) is 0 Å². The maximum Gasteiger partial charge on any atom is 0.320 e. The molecular weight excluding hydrogens is 154 g/mol. The highest BCUT2D eigenvalue weighted by molar-refractivity contribution is 5.73. The zero-order chi connectivity index (χ0) is 10.8. The molecule has 0 fully saturated rings. The van der Waals surface area contributed by atoms with Crippen molar-refractivity contribution >= 4 is 5.97 Å². The molecule has 3 N–H and O–H groups in total. The normalized spacial score (nSPS) is 25.2. The molecule has 1 aliphatic rings. The summed E-state index contributed by atoms with van der Waals surface area (Å²) < 4.78 is 14.9. The highest BCUT2D eigenvalue weighted by atomic mass is 16.4. The summed E-state index contributed by atoms with van der Waals surface area (Å²) in [5.74, 6) is -1.05. The Morgan fingerprint density at radius 1 is 1.92 bits per heavy atom. The third-order valence-corrected chi connectivity index (χ3v) is 1.67. The van der Waals surface area contributed by atoms with Crippen LogP contribution in [0, 0.1) is 0 Å². The third kappa shape index (κ3) is 2.51. The Bertz CT molecular complexity index is 297. The number of carbonyl (C=O) groups is 1.